The molecule has 2 fully saturated rings. The molecule has 0 amide bonds. The third-order valence-corrected chi connectivity index (χ3v) is 11.7. The average Bonchev–Trinajstić information content (AvgIpc) is 3.09. The zero-order valence-corrected chi connectivity index (χ0v) is 22.1. The third kappa shape index (κ3) is 3.71. The fourth-order valence-corrected chi connectivity index (χ4v) is 9.92. The molecular weight excluding hydrogens is 372 g/mol. The molecule has 31 heavy (non-hydrogen) atoms. The molecule has 4 aliphatic rings. The summed E-state index contributed by atoms with van der Waals surface area (Å²) in [4.78, 5) is 0. The summed E-state index contributed by atoms with van der Waals surface area (Å²) in [5, 5.41) is 0. The lowest BCUT2D eigenvalue weighted by Crippen LogP contribution is -2.50. The lowest BCUT2D eigenvalue weighted by Gasteiger charge is -2.60. The van der Waals surface area contributed by atoms with E-state index < -0.39 is 0 Å². The topological polar surface area (TPSA) is 0 Å². The van der Waals surface area contributed by atoms with E-state index in [-0.39, 0.29) is 0 Å². The Labute approximate surface area is 194 Å². The minimum absolute atomic E-state index is 0.520. The summed E-state index contributed by atoms with van der Waals surface area (Å²) < 4.78 is 0. The van der Waals surface area contributed by atoms with Gasteiger partial charge in [0, 0.05) is 0 Å². The normalized spacial score (nSPS) is 40.0. The van der Waals surface area contributed by atoms with Crippen LogP contribution < -0.4 is 0 Å². The van der Waals surface area contributed by atoms with E-state index in [0.29, 0.717) is 16.2 Å². The van der Waals surface area contributed by atoms with E-state index in [9.17, 15) is 0 Å². The van der Waals surface area contributed by atoms with Crippen molar-refractivity contribution >= 4 is 0 Å². The maximum absolute atomic E-state index is 2.72. The van der Waals surface area contributed by atoms with Gasteiger partial charge in [0.05, 0.1) is 0 Å². The Hall–Kier alpha value is -0.520. The van der Waals surface area contributed by atoms with Crippen molar-refractivity contribution in [1.82, 2.24) is 0 Å². The van der Waals surface area contributed by atoms with E-state index in [2.05, 4.69) is 54.5 Å². The second-order valence-electron chi connectivity index (χ2n) is 13.0. The van der Waals surface area contributed by atoms with Gasteiger partial charge in [0.1, 0.15) is 0 Å². The minimum Gasteiger partial charge on any atom is -0.0859 e. The summed E-state index contributed by atoms with van der Waals surface area (Å²) in [5.41, 5.74) is 7.21. The Bertz CT molecular complexity index is 714. The summed E-state index contributed by atoms with van der Waals surface area (Å²) in [6.45, 7) is 17.5. The monoisotopic (exact) mass is 424 g/mol. The van der Waals surface area contributed by atoms with Crippen LogP contribution in [0.3, 0.4) is 0 Å². The van der Waals surface area contributed by atoms with Crippen LogP contribution in [-0.4, -0.2) is 0 Å². The molecule has 0 aromatic rings. The van der Waals surface area contributed by atoms with E-state index in [0.717, 1.165) is 23.7 Å². The first-order valence-corrected chi connectivity index (χ1v) is 14.1. The van der Waals surface area contributed by atoms with Gasteiger partial charge in [0.25, 0.3) is 0 Å². The first-order chi connectivity index (χ1) is 14.7. The van der Waals surface area contributed by atoms with Gasteiger partial charge in [-0.15, -0.1) is 0 Å². The second kappa shape index (κ2) is 8.68. The molecule has 0 aromatic carbocycles. The minimum atomic E-state index is 0.520. The van der Waals surface area contributed by atoms with Crippen LogP contribution in [0.2, 0.25) is 0 Å². The van der Waals surface area contributed by atoms with Crippen molar-refractivity contribution in [2.24, 2.45) is 39.9 Å². The Kier molecular flexibility index (Phi) is 6.62. The molecule has 4 rings (SSSR count). The molecule has 6 atom stereocenters. The Morgan fingerprint density at radius 2 is 1.74 bits per heavy atom. The van der Waals surface area contributed by atoms with Crippen LogP contribution in [0.15, 0.2) is 22.8 Å². The van der Waals surface area contributed by atoms with Crippen LogP contribution in [0.25, 0.3) is 0 Å². The van der Waals surface area contributed by atoms with Crippen LogP contribution >= 0.6 is 0 Å². The Morgan fingerprint density at radius 1 is 1.00 bits per heavy atom. The summed E-state index contributed by atoms with van der Waals surface area (Å²) in [5.74, 6) is 3.68. The Balaban J connectivity index is 1.59. The standard InChI is InChI=1S/C31H52/c1-8-31(9-2)20-11-19-30(7)27-18-21-29(6)25(23(5)13-10-12-22(3)4)15-16-26(29)24(27)14-17-28(30)31/h12,23,25-26,28H,8-11,13-21H2,1-7H3/t23-,25-,26+,28?,29-,30-/m1/s1. The molecule has 176 valence electrons. The second-order valence-corrected chi connectivity index (χ2v) is 13.0. The molecule has 0 aliphatic heterocycles. The number of hydrogen-bond acceptors (Lipinski definition) is 0. The van der Waals surface area contributed by atoms with Gasteiger partial charge in [-0.3, -0.25) is 0 Å². The molecule has 0 aromatic heterocycles. The van der Waals surface area contributed by atoms with Crippen molar-refractivity contribution in [3.63, 3.8) is 0 Å². The van der Waals surface area contributed by atoms with Crippen LogP contribution in [0.1, 0.15) is 132 Å². The van der Waals surface area contributed by atoms with Gasteiger partial charge in [-0.2, -0.15) is 0 Å². The summed E-state index contributed by atoms with van der Waals surface area (Å²) in [6.07, 6.45) is 21.2. The van der Waals surface area contributed by atoms with Crippen molar-refractivity contribution in [2.75, 3.05) is 0 Å². The van der Waals surface area contributed by atoms with Gasteiger partial charge in [-0.1, -0.05) is 76.7 Å². The Morgan fingerprint density at radius 3 is 2.42 bits per heavy atom. The molecule has 0 heterocycles. The smallest absolute Gasteiger partial charge is 0.00800 e. The van der Waals surface area contributed by atoms with Crippen molar-refractivity contribution in [3.8, 4) is 0 Å². The van der Waals surface area contributed by atoms with Gasteiger partial charge in [0.15, 0.2) is 0 Å². The molecule has 1 unspecified atom stereocenters. The third-order valence-electron chi connectivity index (χ3n) is 11.7. The lowest BCUT2D eigenvalue weighted by molar-refractivity contribution is -0.0311. The van der Waals surface area contributed by atoms with Crippen LogP contribution in [0, 0.1) is 39.9 Å². The van der Waals surface area contributed by atoms with Gasteiger partial charge >= 0.3 is 0 Å². The molecule has 4 aliphatic carbocycles. The largest absolute Gasteiger partial charge is 0.0859 e. The average molecular weight is 425 g/mol. The van der Waals surface area contributed by atoms with Crippen LogP contribution in [-0.2, 0) is 0 Å². The molecule has 0 radical (unpaired) electrons. The van der Waals surface area contributed by atoms with E-state index >= 15 is 0 Å². The van der Waals surface area contributed by atoms with Crippen molar-refractivity contribution in [1.29, 1.82) is 0 Å². The fraction of sp³-hybridized carbons (Fsp3) is 0.871. The number of hydrogen-bond donors (Lipinski definition) is 0. The van der Waals surface area contributed by atoms with Crippen LogP contribution in [0.4, 0.5) is 0 Å². The van der Waals surface area contributed by atoms with Crippen molar-refractivity contribution < 1.29 is 0 Å². The van der Waals surface area contributed by atoms with Gasteiger partial charge < -0.3 is 0 Å². The summed E-state index contributed by atoms with van der Waals surface area (Å²) >= 11 is 0. The van der Waals surface area contributed by atoms with Gasteiger partial charge in [-0.25, -0.2) is 0 Å². The molecule has 0 saturated heterocycles. The van der Waals surface area contributed by atoms with Crippen molar-refractivity contribution in [2.45, 2.75) is 132 Å². The summed E-state index contributed by atoms with van der Waals surface area (Å²) in [7, 11) is 0. The lowest BCUT2D eigenvalue weighted by atomic mass is 9.45. The SMILES string of the molecule is CCC1(CC)CCC[C@]2(C)C3=C(CCC12)[C@@H]1CC[C@H]([C@H](C)CCC=C(C)C)[C@@]1(C)CC3. The zero-order valence-electron chi connectivity index (χ0n) is 22.1. The molecule has 0 heteroatoms. The maximum atomic E-state index is 2.72. The number of fused-ring (bicyclic) bond motifs is 4. The maximum Gasteiger partial charge on any atom is -0.00800 e. The zero-order chi connectivity index (χ0) is 22.4. The first-order valence-electron chi connectivity index (χ1n) is 14.1. The van der Waals surface area contributed by atoms with Gasteiger partial charge in [-0.05, 0) is 118 Å². The molecule has 0 spiro atoms. The highest BCUT2D eigenvalue weighted by atomic mass is 14.6. The first kappa shape index (κ1) is 23.6. The van der Waals surface area contributed by atoms with E-state index in [4.69, 9.17) is 0 Å². The van der Waals surface area contributed by atoms with E-state index in [1.54, 1.807) is 0 Å². The fourth-order valence-electron chi connectivity index (χ4n) is 9.92. The quantitative estimate of drug-likeness (QED) is 0.372. The molecular formula is C31H52. The van der Waals surface area contributed by atoms with E-state index in [1.165, 1.54) is 89.0 Å². The molecule has 0 nitrogen and oxygen atoms in total. The molecule has 0 bridgehead atoms. The molecule has 0 N–H and O–H groups in total. The predicted molar refractivity (Wildman–Crippen MR) is 136 cm³/mol. The highest BCUT2D eigenvalue weighted by Crippen LogP contribution is 2.68. The highest BCUT2D eigenvalue weighted by molar-refractivity contribution is 5.35. The van der Waals surface area contributed by atoms with Crippen molar-refractivity contribution in [3.05, 3.63) is 22.8 Å². The van der Waals surface area contributed by atoms with Crippen LogP contribution in [0.5, 0.6) is 0 Å². The summed E-state index contributed by atoms with van der Waals surface area (Å²) in [6, 6.07) is 0. The molecule has 2 saturated carbocycles. The number of rotatable bonds is 6. The predicted octanol–water partition coefficient (Wildman–Crippen LogP) is 9.90. The number of allylic oxidation sites excluding steroid dienone is 4. The highest BCUT2D eigenvalue weighted by Gasteiger charge is 2.58. The van der Waals surface area contributed by atoms with E-state index in [1.807, 2.05) is 11.1 Å². The van der Waals surface area contributed by atoms with Gasteiger partial charge in [0.2, 0.25) is 0 Å².